The molecule has 2 saturated carbocycles. The second-order valence-electron chi connectivity index (χ2n) is 5.18. The first-order valence-corrected chi connectivity index (χ1v) is 7.65. The monoisotopic (exact) mass is 242 g/mol. The molecule has 0 aromatic rings. The molecule has 0 aliphatic heterocycles. The highest BCUT2D eigenvalue weighted by atomic mass is 32.2. The Morgan fingerprint density at radius 1 is 1.50 bits per heavy atom. The van der Waals surface area contributed by atoms with Crippen LogP contribution in [0.2, 0.25) is 0 Å². The van der Waals surface area contributed by atoms with Gasteiger partial charge < -0.3 is 11.1 Å². The van der Waals surface area contributed by atoms with Gasteiger partial charge in [-0.3, -0.25) is 4.79 Å². The summed E-state index contributed by atoms with van der Waals surface area (Å²) in [6.45, 7) is 0. The highest BCUT2D eigenvalue weighted by molar-refractivity contribution is 7.98. The summed E-state index contributed by atoms with van der Waals surface area (Å²) < 4.78 is 0. The molecule has 2 bridgehead atoms. The number of amides is 1. The van der Waals surface area contributed by atoms with Gasteiger partial charge in [0, 0.05) is 6.04 Å². The van der Waals surface area contributed by atoms with Crippen LogP contribution in [0.5, 0.6) is 0 Å². The Morgan fingerprint density at radius 3 is 2.88 bits per heavy atom. The zero-order valence-electron chi connectivity index (χ0n) is 9.95. The van der Waals surface area contributed by atoms with Crippen molar-refractivity contribution in [3.63, 3.8) is 0 Å². The van der Waals surface area contributed by atoms with Gasteiger partial charge in [0.25, 0.3) is 0 Å². The van der Waals surface area contributed by atoms with Crippen LogP contribution in [-0.2, 0) is 4.79 Å². The van der Waals surface area contributed by atoms with Crippen molar-refractivity contribution in [2.45, 2.75) is 44.2 Å². The molecule has 0 saturated heterocycles. The lowest BCUT2D eigenvalue weighted by Crippen LogP contribution is -2.47. The lowest BCUT2D eigenvalue weighted by molar-refractivity contribution is -0.123. The van der Waals surface area contributed by atoms with E-state index in [9.17, 15) is 4.79 Å². The Morgan fingerprint density at radius 2 is 2.31 bits per heavy atom. The molecule has 2 fully saturated rings. The number of rotatable bonds is 5. The van der Waals surface area contributed by atoms with Gasteiger partial charge in [-0.05, 0) is 49.5 Å². The van der Waals surface area contributed by atoms with Crippen molar-refractivity contribution in [3.8, 4) is 0 Å². The fourth-order valence-electron chi connectivity index (χ4n) is 3.09. The molecule has 0 spiro atoms. The van der Waals surface area contributed by atoms with Gasteiger partial charge in [0.05, 0.1) is 6.04 Å². The third kappa shape index (κ3) is 2.72. The van der Waals surface area contributed by atoms with Crippen molar-refractivity contribution in [3.05, 3.63) is 0 Å². The number of hydrogen-bond acceptors (Lipinski definition) is 3. The zero-order chi connectivity index (χ0) is 11.5. The molecule has 4 heteroatoms. The van der Waals surface area contributed by atoms with E-state index in [4.69, 9.17) is 5.73 Å². The van der Waals surface area contributed by atoms with E-state index in [0.717, 1.165) is 24.0 Å². The van der Waals surface area contributed by atoms with Crippen molar-refractivity contribution < 1.29 is 4.79 Å². The van der Waals surface area contributed by atoms with Crippen LogP contribution in [0.25, 0.3) is 0 Å². The van der Waals surface area contributed by atoms with Crippen molar-refractivity contribution in [2.75, 3.05) is 12.0 Å². The maximum absolute atomic E-state index is 11.8. The quantitative estimate of drug-likeness (QED) is 0.765. The van der Waals surface area contributed by atoms with E-state index in [-0.39, 0.29) is 11.9 Å². The summed E-state index contributed by atoms with van der Waals surface area (Å²) in [5, 5.41) is 3.15. The molecule has 2 aliphatic carbocycles. The molecule has 3 nitrogen and oxygen atoms in total. The Balaban J connectivity index is 1.74. The van der Waals surface area contributed by atoms with Crippen LogP contribution in [0.4, 0.5) is 0 Å². The molecule has 1 amide bonds. The summed E-state index contributed by atoms with van der Waals surface area (Å²) in [6, 6.07) is 0.109. The largest absolute Gasteiger partial charge is 0.352 e. The Bertz CT molecular complexity index is 259. The van der Waals surface area contributed by atoms with Gasteiger partial charge in [0.2, 0.25) is 5.91 Å². The second-order valence-corrected chi connectivity index (χ2v) is 6.16. The molecule has 16 heavy (non-hydrogen) atoms. The van der Waals surface area contributed by atoms with Crippen molar-refractivity contribution in [1.82, 2.24) is 5.32 Å². The van der Waals surface area contributed by atoms with Gasteiger partial charge in [-0.25, -0.2) is 0 Å². The molecular formula is C12H22N2OS. The smallest absolute Gasteiger partial charge is 0.237 e. The van der Waals surface area contributed by atoms with Gasteiger partial charge in [-0.2, -0.15) is 11.8 Å². The highest BCUT2D eigenvalue weighted by Crippen LogP contribution is 2.44. The molecule has 3 unspecified atom stereocenters. The lowest BCUT2D eigenvalue weighted by Gasteiger charge is -2.24. The number of nitrogens with two attached hydrogens (primary N) is 1. The normalized spacial score (nSPS) is 34.0. The molecule has 2 rings (SSSR count). The SMILES string of the molecule is CSCC[C@@H](N)C(=O)NC1CC2CCC1C2. The average Bonchev–Trinajstić information content (AvgIpc) is 2.87. The topological polar surface area (TPSA) is 55.1 Å². The van der Waals surface area contributed by atoms with Crippen LogP contribution in [-0.4, -0.2) is 30.0 Å². The van der Waals surface area contributed by atoms with E-state index in [1.807, 2.05) is 6.26 Å². The minimum absolute atomic E-state index is 0.0617. The van der Waals surface area contributed by atoms with Crippen LogP contribution in [0.15, 0.2) is 0 Å². The summed E-state index contributed by atoms with van der Waals surface area (Å²) in [5.41, 5.74) is 5.85. The first-order valence-electron chi connectivity index (χ1n) is 6.25. The van der Waals surface area contributed by atoms with Gasteiger partial charge in [-0.1, -0.05) is 6.42 Å². The third-order valence-electron chi connectivity index (χ3n) is 4.04. The summed E-state index contributed by atoms with van der Waals surface area (Å²) in [7, 11) is 0. The average molecular weight is 242 g/mol. The molecular weight excluding hydrogens is 220 g/mol. The Hall–Kier alpha value is -0.220. The minimum Gasteiger partial charge on any atom is -0.352 e. The lowest BCUT2D eigenvalue weighted by atomic mass is 9.95. The molecule has 0 aromatic heterocycles. The van der Waals surface area contributed by atoms with Gasteiger partial charge in [0.15, 0.2) is 0 Å². The number of fused-ring (bicyclic) bond motifs is 2. The Labute approximate surface area is 102 Å². The summed E-state index contributed by atoms with van der Waals surface area (Å²) in [4.78, 5) is 11.8. The van der Waals surface area contributed by atoms with Gasteiger partial charge >= 0.3 is 0 Å². The van der Waals surface area contributed by atoms with Crippen LogP contribution in [0.3, 0.4) is 0 Å². The van der Waals surface area contributed by atoms with Crippen LogP contribution < -0.4 is 11.1 Å². The molecule has 0 aromatic carbocycles. The highest BCUT2D eigenvalue weighted by Gasteiger charge is 2.40. The predicted octanol–water partition coefficient (Wildman–Crippen LogP) is 1.37. The number of hydrogen-bond donors (Lipinski definition) is 2. The number of carbonyl (C=O) groups is 1. The molecule has 0 heterocycles. The molecule has 0 radical (unpaired) electrons. The van der Waals surface area contributed by atoms with E-state index >= 15 is 0 Å². The standard InChI is InChI=1S/C12H22N2OS/c1-16-5-4-10(13)12(15)14-11-7-8-2-3-9(11)6-8/h8-11H,2-7,13H2,1H3,(H,14,15)/t8?,9?,10-,11?/m1/s1. The maximum atomic E-state index is 11.8. The van der Waals surface area contributed by atoms with Crippen molar-refractivity contribution in [1.29, 1.82) is 0 Å². The minimum atomic E-state index is -0.313. The molecule has 92 valence electrons. The fourth-order valence-corrected chi connectivity index (χ4v) is 3.58. The van der Waals surface area contributed by atoms with E-state index < -0.39 is 0 Å². The van der Waals surface area contributed by atoms with E-state index in [2.05, 4.69) is 5.32 Å². The van der Waals surface area contributed by atoms with Crippen molar-refractivity contribution >= 4 is 17.7 Å². The zero-order valence-corrected chi connectivity index (χ0v) is 10.8. The number of thioether (sulfide) groups is 1. The Kier molecular flexibility index (Phi) is 4.14. The van der Waals surface area contributed by atoms with Crippen LogP contribution in [0, 0.1) is 11.8 Å². The number of nitrogens with one attached hydrogen (secondary N) is 1. The molecule has 2 aliphatic rings. The maximum Gasteiger partial charge on any atom is 0.237 e. The van der Waals surface area contributed by atoms with Crippen LogP contribution in [0.1, 0.15) is 32.1 Å². The van der Waals surface area contributed by atoms with E-state index in [0.29, 0.717) is 6.04 Å². The predicted molar refractivity (Wildman–Crippen MR) is 68.4 cm³/mol. The van der Waals surface area contributed by atoms with Gasteiger partial charge in [0.1, 0.15) is 0 Å². The van der Waals surface area contributed by atoms with E-state index in [1.165, 1.54) is 25.7 Å². The van der Waals surface area contributed by atoms with Gasteiger partial charge in [-0.15, -0.1) is 0 Å². The molecule has 4 atom stereocenters. The first kappa shape index (κ1) is 12.2. The summed E-state index contributed by atoms with van der Waals surface area (Å²) in [6.07, 6.45) is 8.01. The first-order chi connectivity index (χ1) is 7.70. The number of carbonyl (C=O) groups excluding carboxylic acids is 1. The summed E-state index contributed by atoms with van der Waals surface area (Å²) in [5.74, 6) is 2.64. The van der Waals surface area contributed by atoms with Crippen LogP contribution >= 0.6 is 11.8 Å². The van der Waals surface area contributed by atoms with E-state index in [1.54, 1.807) is 11.8 Å². The molecule has 3 N–H and O–H groups in total. The summed E-state index contributed by atoms with van der Waals surface area (Å²) >= 11 is 1.74. The third-order valence-corrected chi connectivity index (χ3v) is 4.68. The second kappa shape index (κ2) is 5.41. The fraction of sp³-hybridized carbons (Fsp3) is 0.917. The van der Waals surface area contributed by atoms with Crippen molar-refractivity contribution in [2.24, 2.45) is 17.6 Å².